The molecule has 7 heteroatoms. The molecule has 1 aliphatic rings. The number of hydrogen-bond acceptors (Lipinski definition) is 5. The van der Waals surface area contributed by atoms with Gasteiger partial charge >= 0.3 is 0 Å². The molecular formula is C46H46IO5P. The Hall–Kier alpha value is -3.72. The van der Waals surface area contributed by atoms with Crippen molar-refractivity contribution < 1.29 is 47.7 Å². The average molecular weight is 837 g/mol. The summed E-state index contributed by atoms with van der Waals surface area (Å²) in [7, 11) is -0.647. The highest BCUT2D eigenvalue weighted by Crippen LogP contribution is 2.57. The lowest BCUT2D eigenvalue weighted by Crippen LogP contribution is -3.00. The van der Waals surface area contributed by atoms with Crippen LogP contribution in [0.1, 0.15) is 16.7 Å². The first-order chi connectivity index (χ1) is 25.7. The standard InChI is InChI=1S/C46H46O5P.HI/c1-47-46-45(50-34-38-24-12-4-13-25-38)44(49-33-37-22-10-3-11-23-37)43(48-32-36-20-8-2-9-21-36)42(51-46)35-52(39-26-14-5-15-27-39,40-28-16-6-17-29-40)41-30-18-7-19-31-41;/h2-31,42-46H,32-35H2,1H3;1H/q+1;/p-1/t42-,43-,44+,45-,46+;/m1./s1. The molecule has 0 aromatic heterocycles. The predicted octanol–water partition coefficient (Wildman–Crippen LogP) is 5.11. The van der Waals surface area contributed by atoms with Crippen molar-refractivity contribution in [1.82, 2.24) is 0 Å². The van der Waals surface area contributed by atoms with Gasteiger partial charge in [-0.3, -0.25) is 0 Å². The maximum absolute atomic E-state index is 7.12. The van der Waals surface area contributed by atoms with Crippen LogP contribution in [0, 0.1) is 0 Å². The van der Waals surface area contributed by atoms with Crippen LogP contribution in [0.4, 0.5) is 0 Å². The summed E-state index contributed by atoms with van der Waals surface area (Å²) < 4.78 is 34.0. The summed E-state index contributed by atoms with van der Waals surface area (Å²) in [6.07, 6.45) is -2.02. The van der Waals surface area contributed by atoms with Crippen LogP contribution in [0.5, 0.6) is 0 Å². The number of halogens is 1. The van der Waals surface area contributed by atoms with Gasteiger partial charge in [-0.15, -0.1) is 0 Å². The molecule has 7 rings (SSSR count). The summed E-state index contributed by atoms with van der Waals surface area (Å²) in [6, 6.07) is 63.4. The van der Waals surface area contributed by atoms with Crippen molar-refractivity contribution in [2.45, 2.75) is 50.5 Å². The second kappa shape index (κ2) is 19.6. The van der Waals surface area contributed by atoms with E-state index in [1.54, 1.807) is 7.11 Å². The summed E-state index contributed by atoms with van der Waals surface area (Å²) in [6.45, 7) is 1.17. The molecule has 0 amide bonds. The highest BCUT2D eigenvalue weighted by molar-refractivity contribution is 7.95. The van der Waals surface area contributed by atoms with Crippen LogP contribution >= 0.6 is 7.26 Å². The Morgan fingerprint density at radius 2 is 0.755 bits per heavy atom. The molecule has 0 aliphatic carbocycles. The molecule has 1 saturated heterocycles. The van der Waals surface area contributed by atoms with Gasteiger partial charge in [0.2, 0.25) is 0 Å². The molecular weight excluding hydrogens is 790 g/mol. The molecule has 5 nitrogen and oxygen atoms in total. The van der Waals surface area contributed by atoms with E-state index in [0.717, 1.165) is 16.7 Å². The Kier molecular flexibility index (Phi) is 14.4. The van der Waals surface area contributed by atoms with Gasteiger partial charge in [0.1, 0.15) is 53.8 Å². The fourth-order valence-electron chi connectivity index (χ4n) is 7.16. The van der Waals surface area contributed by atoms with Crippen molar-refractivity contribution in [1.29, 1.82) is 0 Å². The van der Waals surface area contributed by atoms with Gasteiger partial charge in [-0.25, -0.2) is 0 Å². The maximum atomic E-state index is 7.12. The van der Waals surface area contributed by atoms with E-state index in [-0.39, 0.29) is 24.0 Å². The number of rotatable bonds is 15. The zero-order valence-electron chi connectivity index (χ0n) is 29.9. The summed E-state index contributed by atoms with van der Waals surface area (Å²) in [5.74, 6) is 0. The van der Waals surface area contributed by atoms with Crippen LogP contribution < -0.4 is 39.9 Å². The predicted molar refractivity (Wildman–Crippen MR) is 211 cm³/mol. The van der Waals surface area contributed by atoms with Crippen LogP contribution in [0.15, 0.2) is 182 Å². The smallest absolute Gasteiger partial charge is 0.186 e. The van der Waals surface area contributed by atoms with E-state index in [9.17, 15) is 0 Å². The molecule has 0 saturated carbocycles. The normalized spacial score (nSPS) is 20.0. The first kappa shape index (κ1) is 39.0. The van der Waals surface area contributed by atoms with Gasteiger partial charge in [0.15, 0.2) is 6.29 Å². The first-order valence-electron chi connectivity index (χ1n) is 17.9. The Morgan fingerprint density at radius 3 is 1.11 bits per heavy atom. The van der Waals surface area contributed by atoms with Crippen LogP contribution in [-0.2, 0) is 43.5 Å². The molecule has 1 heterocycles. The van der Waals surface area contributed by atoms with Crippen molar-refractivity contribution in [2.75, 3.05) is 13.3 Å². The van der Waals surface area contributed by atoms with E-state index < -0.39 is 38.0 Å². The molecule has 53 heavy (non-hydrogen) atoms. The van der Waals surface area contributed by atoms with Crippen molar-refractivity contribution >= 4 is 23.2 Å². The van der Waals surface area contributed by atoms with Crippen molar-refractivity contribution in [3.8, 4) is 0 Å². The first-order valence-corrected chi connectivity index (χ1v) is 19.9. The van der Waals surface area contributed by atoms with E-state index in [1.807, 2.05) is 54.6 Å². The fraction of sp³-hybridized carbons (Fsp3) is 0.217. The third-order valence-electron chi connectivity index (χ3n) is 9.72. The van der Waals surface area contributed by atoms with Crippen LogP contribution in [0.3, 0.4) is 0 Å². The molecule has 5 atom stereocenters. The molecule has 1 aliphatic heterocycles. The summed E-state index contributed by atoms with van der Waals surface area (Å²) >= 11 is 0. The summed E-state index contributed by atoms with van der Waals surface area (Å²) in [4.78, 5) is 0. The molecule has 0 radical (unpaired) electrons. The molecule has 0 unspecified atom stereocenters. The van der Waals surface area contributed by atoms with Gasteiger partial charge in [-0.1, -0.05) is 146 Å². The van der Waals surface area contributed by atoms with E-state index in [2.05, 4.69) is 127 Å². The summed E-state index contributed by atoms with van der Waals surface area (Å²) in [5, 5.41) is 3.82. The van der Waals surface area contributed by atoms with Gasteiger partial charge in [0.05, 0.1) is 19.8 Å². The highest BCUT2D eigenvalue weighted by Gasteiger charge is 2.55. The Labute approximate surface area is 331 Å². The van der Waals surface area contributed by atoms with Crippen molar-refractivity contribution in [2.24, 2.45) is 0 Å². The van der Waals surface area contributed by atoms with Gasteiger partial charge in [-0.2, -0.15) is 0 Å². The lowest BCUT2D eigenvalue weighted by molar-refractivity contribution is -0.313. The zero-order valence-corrected chi connectivity index (χ0v) is 33.0. The minimum atomic E-state index is -2.34. The number of benzene rings is 6. The van der Waals surface area contributed by atoms with Crippen molar-refractivity contribution in [3.63, 3.8) is 0 Å². The Balaban J connectivity index is 0.00000481. The number of hydrogen-bond donors (Lipinski definition) is 0. The SMILES string of the molecule is CO[C@H]1O[C@H](C[P+](c2ccccc2)(c2ccccc2)c2ccccc2)[C@@H](OCc2ccccc2)[C@H](OCc2ccccc2)[C@H]1OCc1ccccc1.[I-]. The second-order valence-electron chi connectivity index (χ2n) is 13.1. The molecule has 0 N–H and O–H groups in total. The van der Waals surface area contributed by atoms with Gasteiger partial charge < -0.3 is 47.7 Å². The van der Waals surface area contributed by atoms with Gasteiger partial charge in [0, 0.05) is 7.11 Å². The van der Waals surface area contributed by atoms with Crippen molar-refractivity contribution in [3.05, 3.63) is 199 Å². The minimum Gasteiger partial charge on any atom is -1.00 e. The quantitative estimate of drug-likeness (QED) is 0.106. The third kappa shape index (κ3) is 9.51. The number of methoxy groups -OCH3 is 1. The zero-order chi connectivity index (χ0) is 35.4. The van der Waals surface area contributed by atoms with Gasteiger partial charge in [0.25, 0.3) is 0 Å². The summed E-state index contributed by atoms with van der Waals surface area (Å²) in [5.41, 5.74) is 3.21. The van der Waals surface area contributed by atoms with E-state index in [0.29, 0.717) is 26.0 Å². The molecule has 0 spiro atoms. The van der Waals surface area contributed by atoms with E-state index >= 15 is 0 Å². The lowest BCUT2D eigenvalue weighted by Gasteiger charge is -2.46. The molecule has 0 bridgehead atoms. The number of ether oxygens (including phenoxy) is 5. The van der Waals surface area contributed by atoms with E-state index in [4.69, 9.17) is 23.7 Å². The molecule has 272 valence electrons. The van der Waals surface area contributed by atoms with Crippen LogP contribution in [0.2, 0.25) is 0 Å². The third-order valence-corrected chi connectivity index (χ3v) is 14.2. The topological polar surface area (TPSA) is 46.2 Å². The monoisotopic (exact) mass is 836 g/mol. The Morgan fingerprint density at radius 1 is 0.434 bits per heavy atom. The Bertz CT molecular complexity index is 1810. The van der Waals surface area contributed by atoms with Crippen LogP contribution in [-0.4, -0.2) is 44.0 Å². The lowest BCUT2D eigenvalue weighted by atomic mass is 9.98. The van der Waals surface area contributed by atoms with E-state index in [1.165, 1.54) is 15.9 Å². The minimum absolute atomic E-state index is 0. The maximum Gasteiger partial charge on any atom is 0.186 e. The molecule has 6 aromatic carbocycles. The average Bonchev–Trinajstić information content (AvgIpc) is 3.23. The molecule has 6 aromatic rings. The van der Waals surface area contributed by atoms with Gasteiger partial charge in [-0.05, 0) is 53.1 Å². The highest BCUT2D eigenvalue weighted by atomic mass is 127. The fourth-order valence-corrected chi connectivity index (χ4v) is 11.6. The second-order valence-corrected chi connectivity index (χ2v) is 16.6. The van der Waals surface area contributed by atoms with Crippen LogP contribution in [0.25, 0.3) is 0 Å². The largest absolute Gasteiger partial charge is 1.00 e. The molecule has 1 fully saturated rings.